The van der Waals surface area contributed by atoms with Gasteiger partial charge in [-0.2, -0.15) is 0 Å². The molecule has 1 amide bonds. The molecule has 0 spiro atoms. The second-order valence-electron chi connectivity index (χ2n) is 5.52. The first-order valence-electron chi connectivity index (χ1n) is 7.83. The zero-order valence-corrected chi connectivity index (χ0v) is 13.9. The van der Waals surface area contributed by atoms with Gasteiger partial charge < -0.3 is 20.3 Å². The van der Waals surface area contributed by atoms with Gasteiger partial charge in [-0.1, -0.05) is 12.1 Å². The Bertz CT molecular complexity index is 954. The fourth-order valence-electron chi connectivity index (χ4n) is 2.53. The number of nitrogens with two attached hydrogens (primary N) is 1. The molecule has 3 rings (SSSR count). The lowest BCUT2D eigenvalue weighted by Crippen LogP contribution is -2.13. The Morgan fingerprint density at radius 1 is 1.20 bits per heavy atom. The van der Waals surface area contributed by atoms with E-state index in [-0.39, 0.29) is 17.2 Å². The quantitative estimate of drug-likeness (QED) is 0.742. The minimum Gasteiger partial charge on any atom is -0.508 e. The molecule has 25 heavy (non-hydrogen) atoms. The number of ether oxygens (including phenoxy) is 2. The molecule has 0 fully saturated rings. The summed E-state index contributed by atoms with van der Waals surface area (Å²) >= 11 is 0. The van der Waals surface area contributed by atoms with Gasteiger partial charge in [-0.3, -0.25) is 4.79 Å². The molecule has 0 aliphatic carbocycles. The summed E-state index contributed by atoms with van der Waals surface area (Å²) in [5.41, 5.74) is 6.95. The molecule has 0 bridgehead atoms. The van der Waals surface area contributed by atoms with Crippen LogP contribution in [0.25, 0.3) is 10.9 Å². The number of phenols is 1. The largest absolute Gasteiger partial charge is 0.508 e. The molecule has 0 radical (unpaired) electrons. The predicted octanol–water partition coefficient (Wildman–Crippen LogP) is 3.54. The first-order chi connectivity index (χ1) is 12.0. The molecule has 6 heteroatoms. The fourth-order valence-corrected chi connectivity index (χ4v) is 2.53. The van der Waals surface area contributed by atoms with Gasteiger partial charge in [0.2, 0.25) is 5.88 Å². The third-order valence-electron chi connectivity index (χ3n) is 3.70. The van der Waals surface area contributed by atoms with Gasteiger partial charge in [-0.25, -0.2) is 4.98 Å². The van der Waals surface area contributed by atoms with Crippen molar-refractivity contribution >= 4 is 16.8 Å². The standard InChI is InChI=1S/C19H18N2O4/c1-3-24-16-6-4-5-12-10-14(18(20)23)19(21-17(12)16)25-15-8-7-13(22)9-11(15)2/h4-10,22H,3H2,1-2H3,(H2,20,23). The number of rotatable bonds is 5. The summed E-state index contributed by atoms with van der Waals surface area (Å²) in [6.07, 6.45) is 0. The molecule has 3 aromatic rings. The van der Waals surface area contributed by atoms with Crippen LogP contribution in [-0.2, 0) is 0 Å². The Balaban J connectivity index is 2.15. The molecule has 1 aromatic heterocycles. The highest BCUT2D eigenvalue weighted by Crippen LogP contribution is 2.33. The van der Waals surface area contributed by atoms with Gasteiger partial charge in [-0.05, 0) is 49.7 Å². The maximum absolute atomic E-state index is 11.8. The lowest BCUT2D eigenvalue weighted by molar-refractivity contribution is 0.0997. The number of pyridine rings is 1. The molecule has 0 saturated carbocycles. The molecule has 128 valence electrons. The van der Waals surface area contributed by atoms with Crippen molar-refractivity contribution in [2.75, 3.05) is 6.61 Å². The van der Waals surface area contributed by atoms with Gasteiger partial charge in [0, 0.05) is 5.39 Å². The van der Waals surface area contributed by atoms with E-state index in [9.17, 15) is 9.90 Å². The van der Waals surface area contributed by atoms with Gasteiger partial charge in [0.1, 0.15) is 28.3 Å². The number of carbonyl (C=O) groups excluding carboxylic acids is 1. The topological polar surface area (TPSA) is 94.7 Å². The summed E-state index contributed by atoms with van der Waals surface area (Å²) in [5, 5.41) is 10.3. The van der Waals surface area contributed by atoms with Crippen molar-refractivity contribution in [3.63, 3.8) is 0 Å². The number of phenolic OH excluding ortho intramolecular Hbond substituents is 1. The third-order valence-corrected chi connectivity index (χ3v) is 3.70. The Morgan fingerprint density at radius 3 is 2.68 bits per heavy atom. The van der Waals surface area contributed by atoms with Crippen LogP contribution in [0, 0.1) is 6.92 Å². The summed E-state index contributed by atoms with van der Waals surface area (Å²) in [5.74, 6) is 0.665. The van der Waals surface area contributed by atoms with Gasteiger partial charge in [0.05, 0.1) is 6.61 Å². The normalized spacial score (nSPS) is 10.6. The van der Waals surface area contributed by atoms with E-state index in [0.29, 0.717) is 29.2 Å². The number of primary amides is 1. The zero-order valence-electron chi connectivity index (χ0n) is 13.9. The van der Waals surface area contributed by atoms with Gasteiger partial charge >= 0.3 is 0 Å². The maximum Gasteiger partial charge on any atom is 0.254 e. The zero-order chi connectivity index (χ0) is 18.0. The van der Waals surface area contributed by atoms with E-state index < -0.39 is 5.91 Å². The minimum atomic E-state index is -0.636. The number of aromatic hydroxyl groups is 1. The van der Waals surface area contributed by atoms with Crippen molar-refractivity contribution in [1.82, 2.24) is 4.98 Å². The summed E-state index contributed by atoms with van der Waals surface area (Å²) in [6.45, 7) is 4.16. The molecule has 0 saturated heterocycles. The SMILES string of the molecule is CCOc1cccc2cc(C(N)=O)c(Oc3ccc(O)cc3C)nc12. The predicted molar refractivity (Wildman–Crippen MR) is 94.3 cm³/mol. The van der Waals surface area contributed by atoms with E-state index in [2.05, 4.69) is 4.98 Å². The van der Waals surface area contributed by atoms with Gasteiger partial charge in [0.25, 0.3) is 5.91 Å². The molecule has 6 nitrogen and oxygen atoms in total. The maximum atomic E-state index is 11.8. The van der Waals surface area contributed by atoms with Crippen LogP contribution in [0.3, 0.4) is 0 Å². The summed E-state index contributed by atoms with van der Waals surface area (Å²) in [7, 11) is 0. The lowest BCUT2D eigenvalue weighted by Gasteiger charge is -2.13. The smallest absolute Gasteiger partial charge is 0.254 e. The van der Waals surface area contributed by atoms with Crippen LogP contribution in [0.2, 0.25) is 0 Å². The van der Waals surface area contributed by atoms with Crippen molar-refractivity contribution in [2.45, 2.75) is 13.8 Å². The van der Waals surface area contributed by atoms with Crippen molar-refractivity contribution in [3.05, 3.63) is 53.6 Å². The molecule has 0 unspecified atom stereocenters. The number of fused-ring (bicyclic) bond motifs is 1. The molecule has 0 atom stereocenters. The first kappa shape index (κ1) is 16.6. The average molecular weight is 338 g/mol. The van der Waals surface area contributed by atoms with Crippen molar-refractivity contribution < 1.29 is 19.4 Å². The van der Waals surface area contributed by atoms with E-state index in [1.165, 1.54) is 6.07 Å². The van der Waals surface area contributed by atoms with E-state index >= 15 is 0 Å². The van der Waals surface area contributed by atoms with Gasteiger partial charge in [0.15, 0.2) is 0 Å². The van der Waals surface area contributed by atoms with Gasteiger partial charge in [-0.15, -0.1) is 0 Å². The summed E-state index contributed by atoms with van der Waals surface area (Å²) < 4.78 is 11.4. The van der Waals surface area contributed by atoms with E-state index in [1.54, 1.807) is 31.2 Å². The third kappa shape index (κ3) is 3.33. The Labute approximate surface area is 144 Å². The Hall–Kier alpha value is -3.28. The van der Waals surface area contributed by atoms with E-state index in [0.717, 1.165) is 5.39 Å². The highest BCUT2D eigenvalue weighted by molar-refractivity contribution is 5.99. The van der Waals surface area contributed by atoms with Crippen LogP contribution >= 0.6 is 0 Å². The number of aromatic nitrogens is 1. The average Bonchev–Trinajstić information content (AvgIpc) is 2.57. The first-order valence-corrected chi connectivity index (χ1v) is 7.83. The van der Waals surface area contributed by atoms with Crippen LogP contribution in [-0.4, -0.2) is 22.6 Å². The highest BCUT2D eigenvalue weighted by Gasteiger charge is 2.17. The van der Waals surface area contributed by atoms with Crippen LogP contribution in [0.15, 0.2) is 42.5 Å². The summed E-state index contributed by atoms with van der Waals surface area (Å²) in [4.78, 5) is 16.3. The molecule has 2 aromatic carbocycles. The minimum absolute atomic E-state index is 0.0981. The number of aryl methyl sites for hydroxylation is 1. The van der Waals surface area contributed by atoms with Crippen LogP contribution in [0.4, 0.5) is 0 Å². The second-order valence-corrected chi connectivity index (χ2v) is 5.52. The van der Waals surface area contributed by atoms with Crippen molar-refractivity contribution in [1.29, 1.82) is 0 Å². The molecular formula is C19H18N2O4. The van der Waals surface area contributed by atoms with E-state index in [4.69, 9.17) is 15.2 Å². The van der Waals surface area contributed by atoms with Crippen molar-refractivity contribution in [3.8, 4) is 23.1 Å². The number of benzene rings is 2. The monoisotopic (exact) mass is 338 g/mol. The number of hydrogen-bond acceptors (Lipinski definition) is 5. The number of carbonyl (C=O) groups is 1. The van der Waals surface area contributed by atoms with Crippen LogP contribution in [0.5, 0.6) is 23.1 Å². The van der Waals surface area contributed by atoms with Crippen LogP contribution in [0.1, 0.15) is 22.8 Å². The van der Waals surface area contributed by atoms with Crippen molar-refractivity contribution in [2.24, 2.45) is 5.73 Å². The van der Waals surface area contributed by atoms with Crippen LogP contribution < -0.4 is 15.2 Å². The molecular weight excluding hydrogens is 320 g/mol. The second kappa shape index (κ2) is 6.68. The summed E-state index contributed by atoms with van der Waals surface area (Å²) in [6, 6.07) is 11.8. The molecule has 1 heterocycles. The lowest BCUT2D eigenvalue weighted by atomic mass is 10.1. The molecule has 0 aliphatic heterocycles. The molecule has 0 aliphatic rings. The fraction of sp³-hybridized carbons (Fsp3) is 0.158. The number of nitrogens with zero attached hydrogens (tertiary/aromatic N) is 1. The number of amides is 1. The molecule has 3 N–H and O–H groups in total. The Morgan fingerprint density at radius 2 is 2.00 bits per heavy atom. The number of hydrogen-bond donors (Lipinski definition) is 2. The van der Waals surface area contributed by atoms with E-state index in [1.807, 2.05) is 19.1 Å². The highest BCUT2D eigenvalue weighted by atomic mass is 16.5. The Kier molecular flexibility index (Phi) is 4.43. The number of para-hydroxylation sites is 1.